The van der Waals surface area contributed by atoms with Crippen molar-refractivity contribution in [3.8, 4) is 34.3 Å². The second-order valence-corrected chi connectivity index (χ2v) is 10.1. The molecule has 2 fully saturated rings. The van der Waals surface area contributed by atoms with Gasteiger partial charge in [-0.25, -0.2) is 4.79 Å². The summed E-state index contributed by atoms with van der Waals surface area (Å²) in [6, 6.07) is 6.91. The summed E-state index contributed by atoms with van der Waals surface area (Å²) in [4.78, 5) is 26.4. The third kappa shape index (κ3) is 5.69. The van der Waals surface area contributed by atoms with Crippen LogP contribution in [0.3, 0.4) is 0 Å². The average Bonchev–Trinajstić information content (AvgIpc) is 2.99. The molecule has 44 heavy (non-hydrogen) atoms. The lowest BCUT2D eigenvalue weighted by atomic mass is 9.99. The smallest absolute Gasteiger partial charge is 0.343 e. The van der Waals surface area contributed by atoms with Crippen LogP contribution in [0.5, 0.6) is 23.0 Å². The van der Waals surface area contributed by atoms with Crippen LogP contribution in [0.15, 0.2) is 45.6 Å². The van der Waals surface area contributed by atoms with Gasteiger partial charge in [-0.3, -0.25) is 4.79 Å². The monoisotopic (exact) mass is 624 g/mol. The molecule has 17 heteroatoms. The zero-order valence-corrected chi connectivity index (χ0v) is 22.3. The number of benzene rings is 2. The van der Waals surface area contributed by atoms with Crippen LogP contribution >= 0.6 is 0 Å². The van der Waals surface area contributed by atoms with Gasteiger partial charge in [-0.05, 0) is 24.3 Å². The first-order valence-corrected chi connectivity index (χ1v) is 13.0. The van der Waals surface area contributed by atoms with Gasteiger partial charge < -0.3 is 74.4 Å². The Morgan fingerprint density at radius 3 is 2.14 bits per heavy atom. The number of phenols is 2. The fraction of sp³-hybridized carbons (Fsp3) is 0.407. The van der Waals surface area contributed by atoms with E-state index in [1.54, 1.807) is 0 Å². The van der Waals surface area contributed by atoms with Crippen LogP contribution in [0.4, 0.5) is 0 Å². The molecule has 0 amide bonds. The molecule has 10 N–H and O–H groups in total. The quantitative estimate of drug-likeness (QED) is 0.0952. The minimum absolute atomic E-state index is 0.114. The van der Waals surface area contributed by atoms with Gasteiger partial charge in [0.1, 0.15) is 70.9 Å². The van der Waals surface area contributed by atoms with Crippen molar-refractivity contribution in [3.63, 3.8) is 0 Å². The highest BCUT2D eigenvalue weighted by molar-refractivity contribution is 5.89. The Labute approximate surface area is 245 Å². The van der Waals surface area contributed by atoms with E-state index in [0.29, 0.717) is 0 Å². The maximum atomic E-state index is 13.7. The number of phenolic OH excluding ortho intramolecular Hbond substituents is 2. The third-order valence-electron chi connectivity index (χ3n) is 7.16. The lowest BCUT2D eigenvalue weighted by Crippen LogP contribution is -2.60. The molecule has 3 heterocycles. The summed E-state index contributed by atoms with van der Waals surface area (Å²) in [7, 11) is 0. The predicted octanol–water partition coefficient (Wildman–Crippen LogP) is -3.24. The molecule has 17 nitrogen and oxygen atoms in total. The Kier molecular flexibility index (Phi) is 8.78. The standard InChI is InChI=1S/C27H28O17/c28-7-13-15(31)17(33)21(37)27(42-13)44-23-16(32)14-11(30)5-10(6-12(14)41-22(23)8-1-3-9(29)4-2-8)40-26(39)24-19(35)18(34)20(36)25(38)43-24/h1-6,13,15,17-21,24-25,27-31,33-38H,7H2/t13-,15-,17+,18+,19+,20-,21-,24+,25-,27+/m1/s1. The van der Waals surface area contributed by atoms with E-state index < -0.39 is 102 Å². The minimum atomic E-state index is -2.04. The number of aromatic hydroxyl groups is 2. The van der Waals surface area contributed by atoms with Gasteiger partial charge in [0.15, 0.2) is 18.2 Å². The van der Waals surface area contributed by atoms with Gasteiger partial charge in [-0.1, -0.05) is 0 Å². The fourth-order valence-corrected chi connectivity index (χ4v) is 4.74. The van der Waals surface area contributed by atoms with Crippen molar-refractivity contribution in [2.75, 3.05) is 6.61 Å². The number of aliphatic hydroxyl groups excluding tert-OH is 8. The van der Waals surface area contributed by atoms with Crippen LogP contribution in [0.2, 0.25) is 0 Å². The SMILES string of the molecule is O=C(Oc1cc(O)c2c(=O)c(O[C@@H]3O[C@H](CO)[C@@H](O)[C@H](O)[C@H]3O)c(-c3ccc(O)cc3)oc2c1)[C@H]1O[C@@H](O)[C@H](O)[C@@H](O)[C@@H]1O. The molecule has 2 aliphatic heterocycles. The second kappa shape index (κ2) is 12.3. The summed E-state index contributed by atoms with van der Waals surface area (Å²) in [5, 5.41) is 99.4. The van der Waals surface area contributed by atoms with Crippen molar-refractivity contribution < 1.29 is 79.2 Å². The number of rotatable bonds is 6. The van der Waals surface area contributed by atoms with E-state index in [2.05, 4.69) is 0 Å². The molecule has 2 aliphatic rings. The highest BCUT2D eigenvalue weighted by Gasteiger charge is 2.48. The molecule has 2 aromatic carbocycles. The van der Waals surface area contributed by atoms with Gasteiger partial charge in [0, 0.05) is 17.7 Å². The van der Waals surface area contributed by atoms with Gasteiger partial charge in [0.05, 0.1) is 6.61 Å². The Hall–Kier alpha value is -3.88. The van der Waals surface area contributed by atoms with Gasteiger partial charge in [0.2, 0.25) is 17.5 Å². The molecule has 0 aliphatic carbocycles. The number of ether oxygens (including phenoxy) is 4. The van der Waals surface area contributed by atoms with E-state index in [-0.39, 0.29) is 22.7 Å². The Morgan fingerprint density at radius 2 is 1.48 bits per heavy atom. The lowest BCUT2D eigenvalue weighted by molar-refractivity contribution is -0.279. The first kappa shape index (κ1) is 31.5. The molecule has 0 saturated carbocycles. The summed E-state index contributed by atoms with van der Waals surface area (Å²) >= 11 is 0. The Balaban J connectivity index is 1.55. The van der Waals surface area contributed by atoms with Gasteiger partial charge >= 0.3 is 5.97 Å². The molecule has 2 saturated heterocycles. The molecule has 0 spiro atoms. The zero-order chi connectivity index (χ0) is 32.0. The molecular formula is C27H28O17. The normalized spacial score (nSPS) is 32.4. The number of hydrogen-bond donors (Lipinski definition) is 10. The number of esters is 1. The first-order chi connectivity index (χ1) is 20.8. The van der Waals surface area contributed by atoms with Crippen LogP contribution < -0.4 is 14.9 Å². The largest absolute Gasteiger partial charge is 0.508 e. The van der Waals surface area contributed by atoms with E-state index in [0.717, 1.165) is 12.1 Å². The molecule has 10 atom stereocenters. The van der Waals surface area contributed by atoms with Crippen molar-refractivity contribution in [3.05, 3.63) is 46.6 Å². The number of fused-ring (bicyclic) bond motifs is 1. The summed E-state index contributed by atoms with van der Waals surface area (Å²) in [5.41, 5.74) is -1.32. The van der Waals surface area contributed by atoms with Crippen LogP contribution in [0.25, 0.3) is 22.3 Å². The highest BCUT2D eigenvalue weighted by Crippen LogP contribution is 2.38. The number of hydrogen-bond acceptors (Lipinski definition) is 17. The van der Waals surface area contributed by atoms with Crippen molar-refractivity contribution in [1.82, 2.24) is 0 Å². The predicted molar refractivity (Wildman–Crippen MR) is 140 cm³/mol. The topological polar surface area (TPSA) is 286 Å². The molecule has 0 radical (unpaired) electrons. The van der Waals surface area contributed by atoms with E-state index in [4.69, 9.17) is 23.4 Å². The summed E-state index contributed by atoms with van der Waals surface area (Å²) in [6.07, 6.45) is -18.6. The fourth-order valence-electron chi connectivity index (χ4n) is 4.74. The molecular weight excluding hydrogens is 596 g/mol. The molecule has 238 valence electrons. The number of carbonyl (C=O) groups excluding carboxylic acids is 1. The van der Waals surface area contributed by atoms with Crippen molar-refractivity contribution in [1.29, 1.82) is 0 Å². The second-order valence-electron chi connectivity index (χ2n) is 10.1. The molecule has 3 aromatic rings. The maximum absolute atomic E-state index is 13.7. The summed E-state index contributed by atoms with van der Waals surface area (Å²) < 4.78 is 26.7. The summed E-state index contributed by atoms with van der Waals surface area (Å²) in [5.74, 6) is -3.79. The van der Waals surface area contributed by atoms with Crippen LogP contribution in [0.1, 0.15) is 0 Å². The van der Waals surface area contributed by atoms with Gasteiger partial charge in [-0.15, -0.1) is 0 Å². The molecule has 1 aromatic heterocycles. The third-order valence-corrected chi connectivity index (χ3v) is 7.16. The molecule has 5 rings (SSSR count). The average molecular weight is 625 g/mol. The van der Waals surface area contributed by atoms with E-state index in [1.807, 2.05) is 0 Å². The van der Waals surface area contributed by atoms with Crippen LogP contribution in [-0.4, -0.2) is 125 Å². The van der Waals surface area contributed by atoms with E-state index in [9.17, 15) is 60.7 Å². The van der Waals surface area contributed by atoms with Crippen molar-refractivity contribution in [2.45, 2.75) is 61.4 Å². The van der Waals surface area contributed by atoms with Gasteiger partial charge in [0.25, 0.3) is 0 Å². The van der Waals surface area contributed by atoms with E-state index >= 15 is 0 Å². The maximum Gasteiger partial charge on any atom is 0.343 e. The summed E-state index contributed by atoms with van der Waals surface area (Å²) in [6.45, 7) is -0.786. The minimum Gasteiger partial charge on any atom is -0.508 e. The van der Waals surface area contributed by atoms with Crippen molar-refractivity contribution in [2.24, 2.45) is 0 Å². The molecule has 0 bridgehead atoms. The molecule has 0 unspecified atom stereocenters. The zero-order valence-electron chi connectivity index (χ0n) is 22.3. The van der Waals surface area contributed by atoms with Crippen LogP contribution in [0, 0.1) is 0 Å². The Bertz CT molecular complexity index is 1570. The highest BCUT2D eigenvalue weighted by atomic mass is 16.7. The van der Waals surface area contributed by atoms with E-state index in [1.165, 1.54) is 24.3 Å². The number of aliphatic hydroxyl groups is 8. The van der Waals surface area contributed by atoms with Crippen LogP contribution in [-0.2, 0) is 14.3 Å². The Morgan fingerprint density at radius 1 is 0.818 bits per heavy atom. The number of carbonyl (C=O) groups is 1. The van der Waals surface area contributed by atoms with Crippen molar-refractivity contribution >= 4 is 16.9 Å². The first-order valence-electron chi connectivity index (χ1n) is 13.0. The lowest BCUT2D eigenvalue weighted by Gasteiger charge is -2.39. The van der Waals surface area contributed by atoms with Gasteiger partial charge in [-0.2, -0.15) is 0 Å².